The number of nitrogens with one attached hydrogen (secondary N) is 1. The summed E-state index contributed by atoms with van der Waals surface area (Å²) in [5.41, 5.74) is -2.29. The SMILES string of the molecule is COC(=O)[C@@](F)(c1ccccc1Cl)[C@H](NS(=O)C(C)(C)C)c1ccccc1. The number of esters is 1. The van der Waals surface area contributed by atoms with Gasteiger partial charge in [0, 0.05) is 10.6 Å². The fourth-order valence-electron chi connectivity index (χ4n) is 2.60. The van der Waals surface area contributed by atoms with E-state index in [-0.39, 0.29) is 10.6 Å². The fourth-order valence-corrected chi connectivity index (χ4v) is 3.74. The van der Waals surface area contributed by atoms with Crippen molar-refractivity contribution in [3.8, 4) is 0 Å². The number of carbonyl (C=O) groups is 1. The van der Waals surface area contributed by atoms with E-state index in [1.54, 1.807) is 63.2 Å². The first kappa shape index (κ1) is 21.5. The minimum Gasteiger partial charge on any atom is -0.466 e. The first-order valence-electron chi connectivity index (χ1n) is 8.37. The maximum atomic E-state index is 16.5. The van der Waals surface area contributed by atoms with Crippen molar-refractivity contribution in [3.63, 3.8) is 0 Å². The second-order valence-electron chi connectivity index (χ2n) is 7.03. The molecule has 2 aromatic rings. The summed E-state index contributed by atoms with van der Waals surface area (Å²) < 4.78 is 36.2. The highest BCUT2D eigenvalue weighted by atomic mass is 35.5. The van der Waals surface area contributed by atoms with Crippen LogP contribution < -0.4 is 4.72 Å². The Morgan fingerprint density at radius 1 is 1.11 bits per heavy atom. The number of ether oxygens (including phenoxy) is 1. The number of hydrogen-bond acceptors (Lipinski definition) is 3. The van der Waals surface area contributed by atoms with Crippen LogP contribution in [0.4, 0.5) is 4.39 Å². The predicted octanol–water partition coefficient (Wildman–Crippen LogP) is 4.47. The molecule has 0 heterocycles. The lowest BCUT2D eigenvalue weighted by atomic mass is 9.84. The zero-order chi connectivity index (χ0) is 20.2. The quantitative estimate of drug-likeness (QED) is 0.713. The smallest absolute Gasteiger partial charge is 0.350 e. The van der Waals surface area contributed by atoms with Crippen LogP contribution in [-0.4, -0.2) is 22.0 Å². The van der Waals surface area contributed by atoms with E-state index in [1.165, 1.54) is 12.1 Å². The van der Waals surface area contributed by atoms with E-state index in [4.69, 9.17) is 16.3 Å². The van der Waals surface area contributed by atoms with Gasteiger partial charge in [-0.15, -0.1) is 0 Å². The van der Waals surface area contributed by atoms with E-state index in [1.807, 2.05) is 0 Å². The van der Waals surface area contributed by atoms with Crippen molar-refractivity contribution in [3.05, 3.63) is 70.7 Å². The van der Waals surface area contributed by atoms with Gasteiger partial charge in [0.15, 0.2) is 0 Å². The molecule has 0 bridgehead atoms. The fraction of sp³-hybridized carbons (Fsp3) is 0.350. The third-order valence-corrected chi connectivity index (χ3v) is 5.95. The first-order chi connectivity index (χ1) is 12.6. The van der Waals surface area contributed by atoms with Gasteiger partial charge in [-0.1, -0.05) is 60.1 Å². The molecular weight excluding hydrogens is 389 g/mol. The molecule has 0 fully saturated rings. The average Bonchev–Trinajstić information content (AvgIpc) is 2.64. The minimum atomic E-state index is -2.69. The van der Waals surface area contributed by atoms with Gasteiger partial charge in [0.2, 0.25) is 0 Å². The molecule has 146 valence electrons. The Hall–Kier alpha value is -1.76. The van der Waals surface area contributed by atoms with Crippen LogP contribution in [0.15, 0.2) is 54.6 Å². The molecule has 4 nitrogen and oxygen atoms in total. The molecule has 0 saturated heterocycles. The lowest BCUT2D eigenvalue weighted by Gasteiger charge is -2.34. The third kappa shape index (κ3) is 4.57. The zero-order valence-corrected chi connectivity index (χ0v) is 17.2. The van der Waals surface area contributed by atoms with Crippen LogP contribution in [0.2, 0.25) is 5.02 Å². The van der Waals surface area contributed by atoms with Gasteiger partial charge in [-0.3, -0.25) is 0 Å². The van der Waals surface area contributed by atoms with Gasteiger partial charge < -0.3 is 4.74 Å². The molecule has 1 N–H and O–H groups in total. The highest BCUT2D eigenvalue weighted by Crippen LogP contribution is 2.43. The van der Waals surface area contributed by atoms with Crippen molar-refractivity contribution < 1.29 is 18.1 Å². The number of hydrogen-bond donors (Lipinski definition) is 1. The lowest BCUT2D eigenvalue weighted by molar-refractivity contribution is -0.157. The molecule has 0 aliphatic rings. The number of halogens is 2. The van der Waals surface area contributed by atoms with Gasteiger partial charge in [-0.2, -0.15) is 0 Å². The molecule has 0 spiro atoms. The van der Waals surface area contributed by atoms with E-state index in [2.05, 4.69) is 4.72 Å². The molecule has 0 aliphatic heterocycles. The van der Waals surface area contributed by atoms with Gasteiger partial charge in [0.1, 0.15) is 0 Å². The van der Waals surface area contributed by atoms with E-state index < -0.39 is 33.4 Å². The summed E-state index contributed by atoms with van der Waals surface area (Å²) in [6, 6.07) is 13.4. The second kappa shape index (κ2) is 8.50. The van der Waals surface area contributed by atoms with Crippen molar-refractivity contribution in [2.24, 2.45) is 0 Å². The van der Waals surface area contributed by atoms with Crippen LogP contribution in [0.3, 0.4) is 0 Å². The van der Waals surface area contributed by atoms with Crippen molar-refractivity contribution in [2.45, 2.75) is 37.2 Å². The maximum absolute atomic E-state index is 16.5. The molecule has 2 rings (SSSR count). The molecule has 0 aliphatic carbocycles. The molecule has 1 unspecified atom stereocenters. The Balaban J connectivity index is 2.69. The summed E-state index contributed by atoms with van der Waals surface area (Å²) in [6.45, 7) is 5.27. The molecule has 0 amide bonds. The van der Waals surface area contributed by atoms with Crippen LogP contribution in [-0.2, 0) is 26.2 Å². The van der Waals surface area contributed by atoms with E-state index in [0.717, 1.165) is 7.11 Å². The summed E-state index contributed by atoms with van der Waals surface area (Å²) >= 11 is 6.22. The lowest BCUT2D eigenvalue weighted by Crippen LogP contribution is -2.48. The number of alkyl halides is 1. The molecule has 27 heavy (non-hydrogen) atoms. The van der Waals surface area contributed by atoms with Crippen molar-refractivity contribution in [1.82, 2.24) is 4.72 Å². The van der Waals surface area contributed by atoms with Crippen LogP contribution in [0.25, 0.3) is 0 Å². The zero-order valence-electron chi connectivity index (χ0n) is 15.7. The molecule has 0 radical (unpaired) electrons. The maximum Gasteiger partial charge on any atom is 0.350 e. The number of rotatable bonds is 6. The Bertz CT molecular complexity index is 825. The summed E-state index contributed by atoms with van der Waals surface area (Å²) in [7, 11) is -0.547. The van der Waals surface area contributed by atoms with Gasteiger partial charge in [-0.05, 0) is 32.4 Å². The Morgan fingerprint density at radius 2 is 1.67 bits per heavy atom. The molecule has 0 saturated carbocycles. The minimum absolute atomic E-state index is 0.0502. The highest BCUT2D eigenvalue weighted by Gasteiger charge is 2.52. The molecular formula is C20H23ClFNO3S. The van der Waals surface area contributed by atoms with Crippen molar-refractivity contribution >= 4 is 28.6 Å². The Kier molecular flexibility index (Phi) is 6.78. The van der Waals surface area contributed by atoms with Gasteiger partial charge in [0.25, 0.3) is 5.67 Å². The average molecular weight is 412 g/mol. The van der Waals surface area contributed by atoms with Crippen molar-refractivity contribution in [2.75, 3.05) is 7.11 Å². The Labute approximate surface area is 166 Å². The monoisotopic (exact) mass is 411 g/mol. The number of carbonyl (C=O) groups excluding carboxylic acids is 1. The molecule has 3 atom stereocenters. The number of methoxy groups -OCH3 is 1. The van der Waals surface area contributed by atoms with E-state index in [9.17, 15) is 9.00 Å². The van der Waals surface area contributed by atoms with Crippen LogP contribution >= 0.6 is 11.6 Å². The molecule has 7 heteroatoms. The third-order valence-electron chi connectivity index (χ3n) is 4.06. The summed E-state index contributed by atoms with van der Waals surface area (Å²) in [4.78, 5) is 12.6. The molecule has 0 aromatic heterocycles. The summed E-state index contributed by atoms with van der Waals surface area (Å²) in [6.07, 6.45) is 0. The standard InChI is InChI=1S/C20H23ClFNO3S/c1-19(2,3)27(25)23-17(14-10-6-5-7-11-14)20(22,18(24)26-4)15-12-8-9-13-16(15)21/h5-13,17,23H,1-4H3/t17-,20-,27?/m1/s1. The topological polar surface area (TPSA) is 55.4 Å². The van der Waals surface area contributed by atoms with Gasteiger partial charge >= 0.3 is 5.97 Å². The van der Waals surface area contributed by atoms with E-state index in [0.29, 0.717) is 5.56 Å². The number of benzene rings is 2. The first-order valence-corrected chi connectivity index (χ1v) is 9.90. The summed E-state index contributed by atoms with van der Waals surface area (Å²) in [5.74, 6) is -1.12. The van der Waals surface area contributed by atoms with Crippen LogP contribution in [0.5, 0.6) is 0 Å². The normalized spacial score (nSPS) is 16.2. The second-order valence-corrected chi connectivity index (χ2v) is 9.43. The Morgan fingerprint density at radius 3 is 2.19 bits per heavy atom. The largest absolute Gasteiger partial charge is 0.466 e. The van der Waals surface area contributed by atoms with Gasteiger partial charge in [-0.25, -0.2) is 18.1 Å². The van der Waals surface area contributed by atoms with Crippen molar-refractivity contribution in [1.29, 1.82) is 0 Å². The molecule has 2 aromatic carbocycles. The van der Waals surface area contributed by atoms with Gasteiger partial charge in [0.05, 0.1) is 28.9 Å². The van der Waals surface area contributed by atoms with Crippen LogP contribution in [0.1, 0.15) is 37.9 Å². The van der Waals surface area contributed by atoms with Crippen LogP contribution in [0, 0.1) is 0 Å². The summed E-state index contributed by atoms with van der Waals surface area (Å²) in [5, 5.41) is 0.0784. The van der Waals surface area contributed by atoms with E-state index >= 15 is 4.39 Å². The predicted molar refractivity (Wildman–Crippen MR) is 106 cm³/mol. The highest BCUT2D eigenvalue weighted by molar-refractivity contribution is 7.84.